The van der Waals surface area contributed by atoms with E-state index in [-0.39, 0.29) is 18.2 Å². The van der Waals surface area contributed by atoms with Crippen LogP contribution in [0.25, 0.3) is 0 Å². The number of ether oxygens (including phenoxy) is 2. The normalized spacial score (nSPS) is 16.5. The number of carbonyl (C=O) groups is 2. The van der Waals surface area contributed by atoms with Gasteiger partial charge in [0.2, 0.25) is 11.8 Å². The molecule has 1 atom stereocenters. The van der Waals surface area contributed by atoms with Crippen LogP contribution in [0, 0.1) is 0 Å². The van der Waals surface area contributed by atoms with E-state index in [0.29, 0.717) is 37.7 Å². The van der Waals surface area contributed by atoms with Crippen molar-refractivity contribution in [3.8, 4) is 11.5 Å². The Bertz CT molecular complexity index is 875. The van der Waals surface area contributed by atoms with Gasteiger partial charge in [-0.05, 0) is 30.5 Å². The molecule has 1 aliphatic rings. The molecular weight excluding hydrogens is 396 g/mol. The average Bonchev–Trinajstić information content (AvgIpc) is 2.80. The molecule has 1 aromatic heterocycles. The lowest BCUT2D eigenvalue weighted by Gasteiger charge is -2.35. The fraction of sp³-hybridized carbons (Fsp3) is 0.435. The molecule has 1 aliphatic heterocycles. The molecule has 2 aromatic rings. The third-order valence-electron chi connectivity index (χ3n) is 5.38. The molecule has 2 heterocycles. The molecule has 31 heavy (non-hydrogen) atoms. The van der Waals surface area contributed by atoms with E-state index in [2.05, 4.69) is 15.6 Å². The van der Waals surface area contributed by atoms with E-state index >= 15 is 0 Å². The van der Waals surface area contributed by atoms with Gasteiger partial charge >= 0.3 is 0 Å². The van der Waals surface area contributed by atoms with Crippen molar-refractivity contribution in [1.82, 2.24) is 20.5 Å². The number of amides is 2. The number of nitrogens with zero attached hydrogens (tertiary/aromatic N) is 2. The SMILES string of the molecule is COc1ccc(CN2CCNC(=O)[C@H]2CC(=O)NCCCc2cccnc2)c(OC)c1. The predicted molar refractivity (Wildman–Crippen MR) is 117 cm³/mol. The highest BCUT2D eigenvalue weighted by molar-refractivity contribution is 5.88. The van der Waals surface area contributed by atoms with Crippen molar-refractivity contribution < 1.29 is 19.1 Å². The molecule has 2 N–H and O–H groups in total. The summed E-state index contributed by atoms with van der Waals surface area (Å²) in [4.78, 5) is 31.1. The Balaban J connectivity index is 1.55. The Labute approximate surface area is 182 Å². The third kappa shape index (κ3) is 6.42. The third-order valence-corrected chi connectivity index (χ3v) is 5.38. The van der Waals surface area contributed by atoms with Crippen LogP contribution in [0.5, 0.6) is 11.5 Å². The Morgan fingerprint density at radius 1 is 1.29 bits per heavy atom. The minimum Gasteiger partial charge on any atom is -0.497 e. The summed E-state index contributed by atoms with van der Waals surface area (Å²) in [5.41, 5.74) is 2.09. The second-order valence-corrected chi connectivity index (χ2v) is 7.47. The van der Waals surface area contributed by atoms with Crippen LogP contribution in [0.4, 0.5) is 0 Å². The van der Waals surface area contributed by atoms with Crippen LogP contribution >= 0.6 is 0 Å². The Kier molecular flexibility index (Phi) is 8.23. The molecule has 0 radical (unpaired) electrons. The summed E-state index contributed by atoms with van der Waals surface area (Å²) in [7, 11) is 3.21. The first-order valence-electron chi connectivity index (χ1n) is 10.5. The van der Waals surface area contributed by atoms with Gasteiger partial charge in [0.25, 0.3) is 0 Å². The quantitative estimate of drug-likeness (QED) is 0.560. The van der Waals surface area contributed by atoms with Crippen LogP contribution in [0.1, 0.15) is 24.0 Å². The van der Waals surface area contributed by atoms with E-state index in [0.717, 1.165) is 24.0 Å². The van der Waals surface area contributed by atoms with Gasteiger partial charge < -0.3 is 20.1 Å². The van der Waals surface area contributed by atoms with Gasteiger partial charge in [-0.15, -0.1) is 0 Å². The zero-order valence-corrected chi connectivity index (χ0v) is 18.1. The summed E-state index contributed by atoms with van der Waals surface area (Å²) < 4.78 is 10.7. The van der Waals surface area contributed by atoms with E-state index in [9.17, 15) is 9.59 Å². The monoisotopic (exact) mass is 426 g/mol. The molecule has 3 rings (SSSR count). The first kappa shape index (κ1) is 22.6. The number of hydrogen-bond donors (Lipinski definition) is 2. The topological polar surface area (TPSA) is 92.8 Å². The highest BCUT2D eigenvalue weighted by Gasteiger charge is 2.32. The van der Waals surface area contributed by atoms with Gasteiger partial charge in [0.05, 0.1) is 26.7 Å². The number of pyridine rings is 1. The molecule has 0 unspecified atom stereocenters. The number of methoxy groups -OCH3 is 2. The van der Waals surface area contributed by atoms with Crippen molar-refractivity contribution >= 4 is 11.8 Å². The standard InChI is InChI=1S/C23H30N4O4/c1-30-19-8-7-18(21(13-19)31-2)16-27-12-11-26-23(29)20(27)14-22(28)25-10-4-6-17-5-3-9-24-15-17/h3,5,7-9,13,15,20H,4,6,10-12,14,16H2,1-2H3,(H,25,28)(H,26,29)/t20-/m1/s1. The van der Waals surface area contributed by atoms with Crippen molar-refractivity contribution in [2.45, 2.75) is 31.8 Å². The highest BCUT2D eigenvalue weighted by Crippen LogP contribution is 2.27. The number of nitrogens with one attached hydrogen (secondary N) is 2. The largest absolute Gasteiger partial charge is 0.497 e. The number of benzene rings is 1. The van der Waals surface area contributed by atoms with Gasteiger partial charge in [-0.1, -0.05) is 12.1 Å². The first-order valence-corrected chi connectivity index (χ1v) is 10.5. The molecule has 166 valence electrons. The molecule has 0 aliphatic carbocycles. The van der Waals surface area contributed by atoms with Crippen LogP contribution < -0.4 is 20.1 Å². The van der Waals surface area contributed by atoms with Gasteiger partial charge in [0.1, 0.15) is 11.5 Å². The lowest BCUT2D eigenvalue weighted by molar-refractivity contribution is -0.134. The molecule has 8 nitrogen and oxygen atoms in total. The van der Waals surface area contributed by atoms with Gasteiger partial charge in [0, 0.05) is 50.2 Å². The summed E-state index contributed by atoms with van der Waals surface area (Å²) in [5.74, 6) is 1.16. The summed E-state index contributed by atoms with van der Waals surface area (Å²) in [6, 6.07) is 9.03. The van der Waals surface area contributed by atoms with Crippen LogP contribution in [-0.2, 0) is 22.6 Å². The van der Waals surface area contributed by atoms with Crippen molar-refractivity contribution in [1.29, 1.82) is 0 Å². The van der Waals surface area contributed by atoms with Crippen molar-refractivity contribution in [3.63, 3.8) is 0 Å². The van der Waals surface area contributed by atoms with E-state index in [1.165, 1.54) is 0 Å². The second-order valence-electron chi connectivity index (χ2n) is 7.47. The number of piperazine rings is 1. The second kappa shape index (κ2) is 11.3. The van der Waals surface area contributed by atoms with Crippen LogP contribution in [0.15, 0.2) is 42.7 Å². The van der Waals surface area contributed by atoms with Gasteiger partial charge in [0.15, 0.2) is 0 Å². The van der Waals surface area contributed by atoms with Crippen LogP contribution in [0.3, 0.4) is 0 Å². The lowest BCUT2D eigenvalue weighted by atomic mass is 10.1. The highest BCUT2D eigenvalue weighted by atomic mass is 16.5. The van der Waals surface area contributed by atoms with E-state index in [1.807, 2.05) is 41.4 Å². The molecule has 0 bridgehead atoms. The van der Waals surface area contributed by atoms with E-state index in [1.54, 1.807) is 20.4 Å². The molecule has 8 heteroatoms. The zero-order chi connectivity index (χ0) is 22.1. The van der Waals surface area contributed by atoms with Gasteiger partial charge in [-0.2, -0.15) is 0 Å². The minimum absolute atomic E-state index is 0.121. The maximum Gasteiger partial charge on any atom is 0.237 e. The molecule has 0 spiro atoms. The number of carbonyl (C=O) groups excluding carboxylic acids is 2. The minimum atomic E-state index is -0.515. The maximum absolute atomic E-state index is 12.5. The average molecular weight is 427 g/mol. The Morgan fingerprint density at radius 3 is 2.90 bits per heavy atom. The molecular formula is C23H30N4O4. The summed E-state index contributed by atoms with van der Waals surface area (Å²) in [6.45, 7) is 2.30. The van der Waals surface area contributed by atoms with Crippen molar-refractivity contribution in [2.75, 3.05) is 33.9 Å². The number of aryl methyl sites for hydroxylation is 1. The smallest absolute Gasteiger partial charge is 0.237 e. The lowest BCUT2D eigenvalue weighted by Crippen LogP contribution is -2.56. The summed E-state index contributed by atoms with van der Waals surface area (Å²) in [5, 5.41) is 5.81. The first-order chi connectivity index (χ1) is 15.1. The molecule has 2 amide bonds. The fourth-order valence-corrected chi connectivity index (χ4v) is 3.69. The van der Waals surface area contributed by atoms with Crippen molar-refractivity contribution in [3.05, 3.63) is 53.9 Å². The van der Waals surface area contributed by atoms with E-state index < -0.39 is 6.04 Å². The maximum atomic E-state index is 12.5. The Hall–Kier alpha value is -3.13. The van der Waals surface area contributed by atoms with E-state index in [4.69, 9.17) is 9.47 Å². The molecule has 0 saturated carbocycles. The van der Waals surface area contributed by atoms with Crippen LogP contribution in [-0.4, -0.2) is 61.6 Å². The fourth-order valence-electron chi connectivity index (χ4n) is 3.69. The Morgan fingerprint density at radius 2 is 2.16 bits per heavy atom. The molecule has 1 aromatic carbocycles. The van der Waals surface area contributed by atoms with Crippen molar-refractivity contribution in [2.24, 2.45) is 0 Å². The number of aromatic nitrogens is 1. The summed E-state index contributed by atoms with van der Waals surface area (Å²) >= 11 is 0. The zero-order valence-electron chi connectivity index (χ0n) is 18.1. The number of hydrogen-bond acceptors (Lipinski definition) is 6. The van der Waals surface area contributed by atoms with Crippen LogP contribution in [0.2, 0.25) is 0 Å². The van der Waals surface area contributed by atoms with Gasteiger partial charge in [-0.3, -0.25) is 19.5 Å². The molecule has 1 fully saturated rings. The predicted octanol–water partition coefficient (Wildman–Crippen LogP) is 1.54. The number of rotatable bonds is 10. The summed E-state index contributed by atoms with van der Waals surface area (Å²) in [6.07, 6.45) is 5.37. The van der Waals surface area contributed by atoms with Gasteiger partial charge in [-0.25, -0.2) is 0 Å². The molecule has 1 saturated heterocycles.